The first kappa shape index (κ1) is 14.9. The van der Waals surface area contributed by atoms with E-state index in [1.165, 1.54) is 19.4 Å². The smallest absolute Gasteiger partial charge is 0.317 e. The van der Waals surface area contributed by atoms with Crippen molar-refractivity contribution in [2.45, 2.75) is 32.4 Å². The summed E-state index contributed by atoms with van der Waals surface area (Å²) in [5, 5.41) is 2.97. The van der Waals surface area contributed by atoms with Crippen molar-refractivity contribution in [1.82, 2.24) is 15.1 Å². The molecular weight excluding hydrogens is 250 g/mol. The van der Waals surface area contributed by atoms with Crippen molar-refractivity contribution in [3.63, 3.8) is 0 Å². The van der Waals surface area contributed by atoms with Crippen LogP contribution in [0.1, 0.15) is 25.3 Å². The molecule has 2 rings (SSSR count). The van der Waals surface area contributed by atoms with E-state index in [9.17, 15) is 4.79 Å². The van der Waals surface area contributed by atoms with Crippen LogP contribution in [0.25, 0.3) is 0 Å². The van der Waals surface area contributed by atoms with Crippen LogP contribution in [0.2, 0.25) is 0 Å². The number of amides is 2. The quantitative estimate of drug-likeness (QED) is 0.895. The molecule has 110 valence electrons. The van der Waals surface area contributed by atoms with Crippen molar-refractivity contribution in [2.24, 2.45) is 0 Å². The minimum absolute atomic E-state index is 0.0109. The summed E-state index contributed by atoms with van der Waals surface area (Å²) in [4.78, 5) is 16.4. The van der Waals surface area contributed by atoms with Gasteiger partial charge in [-0.25, -0.2) is 4.79 Å². The van der Waals surface area contributed by atoms with Crippen LogP contribution in [-0.4, -0.2) is 48.6 Å². The molecular formula is C16H25N3O. The number of nitrogens with zero attached hydrogens (tertiary/aromatic N) is 2. The Hall–Kier alpha value is -1.55. The third-order valence-corrected chi connectivity index (χ3v) is 4.02. The predicted octanol–water partition coefficient (Wildman–Crippen LogP) is 2.31. The molecule has 0 aliphatic carbocycles. The zero-order chi connectivity index (χ0) is 14.4. The number of likely N-dealkylation sites (N-methyl/N-ethyl adjacent to an activating group) is 2. The van der Waals surface area contributed by atoms with E-state index in [4.69, 9.17) is 0 Å². The molecule has 0 saturated carbocycles. The molecule has 1 fully saturated rings. The number of nitrogens with one attached hydrogen (secondary N) is 1. The highest BCUT2D eigenvalue weighted by atomic mass is 16.2. The lowest BCUT2D eigenvalue weighted by molar-refractivity contribution is 0.181. The van der Waals surface area contributed by atoms with Crippen molar-refractivity contribution < 1.29 is 4.79 Å². The minimum atomic E-state index is 0.0109. The summed E-state index contributed by atoms with van der Waals surface area (Å²) in [6.45, 7) is 5.83. The first-order valence-corrected chi connectivity index (χ1v) is 7.47. The molecule has 20 heavy (non-hydrogen) atoms. The highest BCUT2D eigenvalue weighted by Crippen LogP contribution is 2.17. The molecule has 1 atom stereocenters. The van der Waals surface area contributed by atoms with Gasteiger partial charge >= 0.3 is 6.03 Å². The first-order chi connectivity index (χ1) is 9.70. The molecule has 0 bridgehead atoms. The van der Waals surface area contributed by atoms with Crippen LogP contribution in [0.15, 0.2) is 30.3 Å². The van der Waals surface area contributed by atoms with Crippen LogP contribution in [0, 0.1) is 0 Å². The zero-order valence-electron chi connectivity index (χ0n) is 12.5. The van der Waals surface area contributed by atoms with E-state index in [1.54, 1.807) is 0 Å². The van der Waals surface area contributed by atoms with Crippen molar-refractivity contribution in [3.8, 4) is 0 Å². The summed E-state index contributed by atoms with van der Waals surface area (Å²) in [6, 6.07) is 10.5. The Morgan fingerprint density at radius 1 is 1.40 bits per heavy atom. The number of rotatable bonds is 5. The summed E-state index contributed by atoms with van der Waals surface area (Å²) in [5.41, 5.74) is 1.13. The molecule has 1 saturated heterocycles. The molecule has 1 N–H and O–H groups in total. The maximum atomic E-state index is 12.1. The van der Waals surface area contributed by atoms with E-state index < -0.39 is 0 Å². The number of urea groups is 1. The number of benzene rings is 1. The Morgan fingerprint density at radius 2 is 2.15 bits per heavy atom. The van der Waals surface area contributed by atoms with Gasteiger partial charge in [0.15, 0.2) is 0 Å². The summed E-state index contributed by atoms with van der Waals surface area (Å²) in [6.07, 6.45) is 2.45. The Bertz CT molecular complexity index is 421. The molecule has 1 aliphatic heterocycles. The van der Waals surface area contributed by atoms with Crippen molar-refractivity contribution in [2.75, 3.05) is 26.7 Å². The molecule has 4 heteroatoms. The van der Waals surface area contributed by atoms with Gasteiger partial charge in [-0.15, -0.1) is 0 Å². The molecule has 1 aromatic carbocycles. The number of hydrogen-bond donors (Lipinski definition) is 1. The Balaban J connectivity index is 1.77. The van der Waals surface area contributed by atoms with E-state index >= 15 is 0 Å². The minimum Gasteiger partial charge on any atom is -0.334 e. The molecule has 0 radical (unpaired) electrons. The molecule has 1 aliphatic rings. The summed E-state index contributed by atoms with van der Waals surface area (Å²) < 4.78 is 0. The van der Waals surface area contributed by atoms with Crippen LogP contribution in [0.3, 0.4) is 0 Å². The van der Waals surface area contributed by atoms with Gasteiger partial charge in [0, 0.05) is 26.2 Å². The van der Waals surface area contributed by atoms with Gasteiger partial charge in [-0.05, 0) is 31.5 Å². The van der Waals surface area contributed by atoms with Gasteiger partial charge in [-0.3, -0.25) is 4.90 Å². The van der Waals surface area contributed by atoms with E-state index in [-0.39, 0.29) is 6.03 Å². The Morgan fingerprint density at radius 3 is 2.85 bits per heavy atom. The van der Waals surface area contributed by atoms with Crippen LogP contribution >= 0.6 is 0 Å². The van der Waals surface area contributed by atoms with Gasteiger partial charge in [0.05, 0.1) is 0 Å². The zero-order valence-corrected chi connectivity index (χ0v) is 12.5. The van der Waals surface area contributed by atoms with E-state index in [1.807, 2.05) is 42.3 Å². The van der Waals surface area contributed by atoms with Gasteiger partial charge in [-0.1, -0.05) is 37.3 Å². The third-order valence-electron chi connectivity index (χ3n) is 4.02. The maximum Gasteiger partial charge on any atom is 0.317 e. The fourth-order valence-corrected chi connectivity index (χ4v) is 2.83. The van der Waals surface area contributed by atoms with Gasteiger partial charge in [0.1, 0.15) is 0 Å². The third kappa shape index (κ3) is 3.97. The van der Waals surface area contributed by atoms with Gasteiger partial charge < -0.3 is 10.2 Å². The summed E-state index contributed by atoms with van der Waals surface area (Å²) in [5.74, 6) is 0. The molecule has 0 spiro atoms. The second kappa shape index (κ2) is 7.29. The lowest BCUT2D eigenvalue weighted by Gasteiger charge is -2.27. The second-order valence-corrected chi connectivity index (χ2v) is 5.45. The second-order valence-electron chi connectivity index (χ2n) is 5.45. The average Bonchev–Trinajstić information content (AvgIpc) is 2.93. The highest BCUT2D eigenvalue weighted by molar-refractivity contribution is 5.73. The number of likely N-dealkylation sites (tertiary alicyclic amines) is 1. The first-order valence-electron chi connectivity index (χ1n) is 7.47. The number of hydrogen-bond acceptors (Lipinski definition) is 2. The fraction of sp³-hybridized carbons (Fsp3) is 0.562. The predicted molar refractivity (Wildman–Crippen MR) is 81.6 cm³/mol. The normalized spacial score (nSPS) is 19.0. The van der Waals surface area contributed by atoms with Crippen molar-refractivity contribution >= 4 is 6.03 Å². The lowest BCUT2D eigenvalue weighted by Crippen LogP contribution is -2.44. The monoisotopic (exact) mass is 275 g/mol. The molecule has 1 aromatic rings. The lowest BCUT2D eigenvalue weighted by atomic mass is 10.2. The van der Waals surface area contributed by atoms with E-state index in [0.29, 0.717) is 12.6 Å². The van der Waals surface area contributed by atoms with E-state index in [0.717, 1.165) is 18.7 Å². The topological polar surface area (TPSA) is 35.6 Å². The van der Waals surface area contributed by atoms with Crippen LogP contribution in [0.4, 0.5) is 4.79 Å². The number of carbonyl (C=O) groups is 1. The summed E-state index contributed by atoms with van der Waals surface area (Å²) in [7, 11) is 1.88. The molecule has 1 heterocycles. The maximum absolute atomic E-state index is 12.1. The SMILES string of the molecule is CCN1CCCC1CN(C)C(=O)NCc1ccccc1. The van der Waals surface area contributed by atoms with Crippen LogP contribution in [-0.2, 0) is 6.54 Å². The van der Waals surface area contributed by atoms with Gasteiger partial charge in [0.25, 0.3) is 0 Å². The Kier molecular flexibility index (Phi) is 5.41. The largest absolute Gasteiger partial charge is 0.334 e. The molecule has 0 aromatic heterocycles. The number of carbonyl (C=O) groups excluding carboxylic acids is 1. The average molecular weight is 275 g/mol. The van der Waals surface area contributed by atoms with Crippen molar-refractivity contribution in [1.29, 1.82) is 0 Å². The molecule has 4 nitrogen and oxygen atoms in total. The standard InChI is InChI=1S/C16H25N3O/c1-3-19-11-7-10-15(19)13-18(2)16(20)17-12-14-8-5-4-6-9-14/h4-6,8-9,15H,3,7,10-13H2,1-2H3,(H,17,20). The summed E-state index contributed by atoms with van der Waals surface area (Å²) >= 11 is 0. The van der Waals surface area contributed by atoms with Gasteiger partial charge in [-0.2, -0.15) is 0 Å². The highest BCUT2D eigenvalue weighted by Gasteiger charge is 2.25. The van der Waals surface area contributed by atoms with Crippen LogP contribution in [0.5, 0.6) is 0 Å². The van der Waals surface area contributed by atoms with Crippen LogP contribution < -0.4 is 5.32 Å². The van der Waals surface area contributed by atoms with Gasteiger partial charge in [0.2, 0.25) is 0 Å². The van der Waals surface area contributed by atoms with E-state index in [2.05, 4.69) is 17.1 Å². The van der Waals surface area contributed by atoms with Crippen molar-refractivity contribution in [3.05, 3.63) is 35.9 Å². The molecule has 1 unspecified atom stereocenters. The fourth-order valence-electron chi connectivity index (χ4n) is 2.83. The Labute approximate surface area is 121 Å². The molecule has 2 amide bonds.